The van der Waals surface area contributed by atoms with Gasteiger partial charge in [0.2, 0.25) is 0 Å². The lowest BCUT2D eigenvalue weighted by Gasteiger charge is -2.28. The third-order valence-corrected chi connectivity index (χ3v) is 17.1. The third kappa shape index (κ3) is 6.92. The zero-order valence-electron chi connectivity index (χ0n) is 31.6. The molecule has 0 aromatic heterocycles. The van der Waals surface area contributed by atoms with Gasteiger partial charge in [0, 0.05) is 31.8 Å². The van der Waals surface area contributed by atoms with Crippen molar-refractivity contribution in [2.45, 2.75) is 107 Å². The summed E-state index contributed by atoms with van der Waals surface area (Å²) in [4.78, 5) is 0. The van der Waals surface area contributed by atoms with Crippen LogP contribution in [0.4, 0.5) is 0 Å². The molecule has 0 amide bonds. The first-order valence-corrected chi connectivity index (χ1v) is 22.4. The Morgan fingerprint density at radius 2 is 0.600 bits per heavy atom. The van der Waals surface area contributed by atoms with E-state index in [9.17, 15) is 0 Å². The molecular formula is C46H56O2P2. The smallest absolute Gasteiger partial charge is 0.171 e. The minimum atomic E-state index is -3.41. The molecule has 0 bridgehead atoms. The van der Waals surface area contributed by atoms with Gasteiger partial charge in [-0.2, -0.15) is 0 Å². The van der Waals surface area contributed by atoms with Crippen LogP contribution in [0, 0.1) is 0 Å². The highest BCUT2D eigenvalue weighted by Crippen LogP contribution is 2.48. The molecule has 0 atom stereocenters. The van der Waals surface area contributed by atoms with Gasteiger partial charge in [-0.3, -0.25) is 0 Å². The lowest BCUT2D eigenvalue weighted by atomic mass is 10.1. The van der Waals surface area contributed by atoms with Crippen molar-refractivity contribution in [3.05, 3.63) is 142 Å². The molecule has 0 unspecified atom stereocenters. The van der Waals surface area contributed by atoms with Gasteiger partial charge in [-0.05, 0) is 102 Å². The molecule has 5 aromatic rings. The zero-order chi connectivity index (χ0) is 36.1. The Labute approximate surface area is 302 Å². The second-order valence-corrected chi connectivity index (χ2v) is 18.8. The molecule has 50 heavy (non-hydrogen) atoms. The van der Waals surface area contributed by atoms with Crippen molar-refractivity contribution in [2.75, 3.05) is 0 Å². The monoisotopic (exact) mass is 702 g/mol. The average Bonchev–Trinajstić information content (AvgIpc) is 3.18. The van der Waals surface area contributed by atoms with Crippen LogP contribution in [0.3, 0.4) is 0 Å². The van der Waals surface area contributed by atoms with Gasteiger partial charge in [0.15, 0.2) is 14.3 Å². The van der Waals surface area contributed by atoms with Gasteiger partial charge in [-0.1, -0.05) is 146 Å². The molecule has 4 heteroatoms. The number of aryl methyl sites for hydroxylation is 8. The summed E-state index contributed by atoms with van der Waals surface area (Å²) < 4.78 is 32.9. The van der Waals surface area contributed by atoms with Gasteiger partial charge in [-0.25, -0.2) is 0 Å². The molecule has 0 aliphatic heterocycles. The summed E-state index contributed by atoms with van der Waals surface area (Å²) in [5, 5.41) is 5.08. The van der Waals surface area contributed by atoms with E-state index < -0.39 is 14.3 Å². The molecule has 0 aliphatic carbocycles. The van der Waals surface area contributed by atoms with Crippen molar-refractivity contribution in [1.82, 2.24) is 0 Å². The van der Waals surface area contributed by atoms with E-state index in [1.807, 2.05) is 18.2 Å². The van der Waals surface area contributed by atoms with E-state index in [2.05, 4.69) is 134 Å². The van der Waals surface area contributed by atoms with E-state index >= 15 is 9.13 Å². The van der Waals surface area contributed by atoms with E-state index in [0.717, 1.165) is 105 Å². The Balaban J connectivity index is 1.89. The molecule has 0 saturated carbocycles. The summed E-state index contributed by atoms with van der Waals surface area (Å²) in [6, 6.07) is 34.2. The van der Waals surface area contributed by atoms with Gasteiger partial charge in [0.05, 0.1) is 0 Å². The fourth-order valence-electron chi connectivity index (χ4n) is 7.50. The molecule has 0 aliphatic rings. The number of rotatable bonds is 14. The maximum Gasteiger partial charge on any atom is 0.171 e. The summed E-state index contributed by atoms with van der Waals surface area (Å²) in [7, 11) is -6.82. The van der Waals surface area contributed by atoms with Gasteiger partial charge in [0.25, 0.3) is 0 Å². The second-order valence-electron chi connectivity index (χ2n) is 13.4. The molecule has 0 spiro atoms. The lowest BCUT2D eigenvalue weighted by Crippen LogP contribution is -2.34. The Morgan fingerprint density at radius 1 is 0.340 bits per heavy atom. The minimum absolute atomic E-state index is 0.750. The average molecular weight is 703 g/mol. The van der Waals surface area contributed by atoms with Crippen molar-refractivity contribution in [2.24, 2.45) is 0 Å². The molecule has 0 heterocycles. The van der Waals surface area contributed by atoms with Crippen LogP contribution in [0.1, 0.15) is 99.9 Å². The van der Waals surface area contributed by atoms with E-state index in [0.29, 0.717) is 0 Å². The predicted octanol–water partition coefficient (Wildman–Crippen LogP) is 9.46. The van der Waals surface area contributed by atoms with Crippen LogP contribution in [0.15, 0.2) is 97.1 Å². The molecular weight excluding hydrogens is 646 g/mol. The maximum atomic E-state index is 16.5. The Bertz CT molecular complexity index is 1810. The normalized spacial score (nSPS) is 12.0. The van der Waals surface area contributed by atoms with Crippen LogP contribution in [0.2, 0.25) is 0 Å². The number of hydrogen-bond acceptors (Lipinski definition) is 2. The molecule has 262 valence electrons. The first kappa shape index (κ1) is 37.8. The van der Waals surface area contributed by atoms with E-state index in [1.54, 1.807) is 0 Å². The molecule has 5 aromatic carbocycles. The topological polar surface area (TPSA) is 34.1 Å². The largest absolute Gasteiger partial charge is 0.309 e. The van der Waals surface area contributed by atoms with Crippen molar-refractivity contribution in [1.29, 1.82) is 0 Å². The van der Waals surface area contributed by atoms with Crippen molar-refractivity contribution in [3.63, 3.8) is 0 Å². The van der Waals surface area contributed by atoms with Crippen LogP contribution >= 0.6 is 14.3 Å². The number of benzene rings is 5. The van der Waals surface area contributed by atoms with Crippen molar-refractivity contribution >= 4 is 46.1 Å². The fraction of sp³-hybridized carbons (Fsp3) is 0.348. The number of hydrogen-bond donors (Lipinski definition) is 0. The minimum Gasteiger partial charge on any atom is -0.309 e. The van der Waals surface area contributed by atoms with E-state index in [4.69, 9.17) is 0 Å². The van der Waals surface area contributed by atoms with Crippen molar-refractivity contribution in [3.8, 4) is 0 Å². The van der Waals surface area contributed by atoms with E-state index in [-0.39, 0.29) is 0 Å². The second kappa shape index (κ2) is 16.3. The molecule has 0 saturated heterocycles. The predicted molar refractivity (Wildman–Crippen MR) is 220 cm³/mol. The van der Waals surface area contributed by atoms with Crippen LogP contribution < -0.4 is 31.8 Å². The van der Waals surface area contributed by atoms with Gasteiger partial charge in [0.1, 0.15) is 0 Å². The maximum absolute atomic E-state index is 16.5. The quantitative estimate of drug-likeness (QED) is 0.108. The SMILES string of the molecule is CCc1ccc(P(=O)(c2cccc(P(=O)(c3ccc(CC)cc3CC)c3ccc(CC)cc3CC)c2)c2ccc(CC)cc2CC)c(CC)c1. The van der Waals surface area contributed by atoms with Crippen LogP contribution in [-0.2, 0) is 60.5 Å². The van der Waals surface area contributed by atoms with Gasteiger partial charge < -0.3 is 9.13 Å². The summed E-state index contributed by atoms with van der Waals surface area (Å²) in [5.74, 6) is 0. The third-order valence-electron chi connectivity index (χ3n) is 10.6. The summed E-state index contributed by atoms with van der Waals surface area (Å²) in [6.07, 6.45) is 6.84. The fourth-order valence-corrected chi connectivity index (χ4v) is 14.1. The highest BCUT2D eigenvalue weighted by Gasteiger charge is 2.38. The summed E-state index contributed by atoms with van der Waals surface area (Å²) >= 11 is 0. The zero-order valence-corrected chi connectivity index (χ0v) is 33.4. The lowest BCUT2D eigenvalue weighted by molar-refractivity contribution is 0.592. The summed E-state index contributed by atoms with van der Waals surface area (Å²) in [5.41, 5.74) is 9.47. The Kier molecular flexibility index (Phi) is 12.3. The highest BCUT2D eigenvalue weighted by molar-refractivity contribution is 7.87. The standard InChI is InChI=1S/C46H56O2P2/c1-9-33-20-24-43(37(13-5)28-33)49(47,44-25-21-34(10-2)29-38(44)14-6)41-18-17-19-42(32-41)50(48,45-26-22-35(11-3)30-39(45)15-7)46-27-23-36(12-4)31-40(46)16-8/h17-32H,9-16H2,1-8H3. The van der Waals surface area contributed by atoms with Crippen LogP contribution in [0.25, 0.3) is 0 Å². The Morgan fingerprint density at radius 3 is 0.820 bits per heavy atom. The molecule has 2 nitrogen and oxygen atoms in total. The molecule has 5 rings (SSSR count). The van der Waals surface area contributed by atoms with Crippen LogP contribution in [-0.4, -0.2) is 0 Å². The molecule has 0 fully saturated rings. The molecule has 0 N–H and O–H groups in total. The first-order valence-electron chi connectivity index (χ1n) is 19.0. The van der Waals surface area contributed by atoms with Gasteiger partial charge >= 0.3 is 0 Å². The van der Waals surface area contributed by atoms with Crippen molar-refractivity contribution < 1.29 is 9.13 Å². The van der Waals surface area contributed by atoms with Gasteiger partial charge in [-0.15, -0.1) is 0 Å². The Hall–Kier alpha value is -3.44. The summed E-state index contributed by atoms with van der Waals surface area (Å²) in [6.45, 7) is 17.3. The molecule has 0 radical (unpaired) electrons. The van der Waals surface area contributed by atoms with Crippen LogP contribution in [0.5, 0.6) is 0 Å². The first-order chi connectivity index (χ1) is 24.2. The van der Waals surface area contributed by atoms with E-state index in [1.165, 1.54) is 22.3 Å². The highest BCUT2D eigenvalue weighted by atomic mass is 31.2.